The van der Waals surface area contributed by atoms with E-state index in [0.717, 1.165) is 11.5 Å². The predicted molar refractivity (Wildman–Crippen MR) is 94.6 cm³/mol. The van der Waals surface area contributed by atoms with Crippen molar-refractivity contribution in [3.63, 3.8) is 0 Å². The molecule has 2 fully saturated rings. The molecule has 2 saturated carbocycles. The van der Waals surface area contributed by atoms with Crippen LogP contribution in [0, 0.1) is 22.7 Å². The standard InChI is InChI=1S/C20H27N3O/c1-12(2)18(24)23-16-15(13-9-10-20(16,5)19(13,3)4)22-17(23)14-8-6-7-11-21-14/h6-8,11-13,15-16H,9-10H2,1-5H3/t13-,15-,16-,20+/m1/s1. The molecule has 3 aliphatic rings. The number of amides is 1. The van der Waals surface area contributed by atoms with E-state index < -0.39 is 0 Å². The van der Waals surface area contributed by atoms with Crippen LogP contribution in [0.5, 0.6) is 0 Å². The Kier molecular flexibility index (Phi) is 3.23. The van der Waals surface area contributed by atoms with E-state index in [9.17, 15) is 4.79 Å². The highest BCUT2D eigenvalue weighted by Gasteiger charge is 2.70. The molecule has 0 unspecified atom stereocenters. The van der Waals surface area contributed by atoms with Gasteiger partial charge in [-0.25, -0.2) is 0 Å². The summed E-state index contributed by atoms with van der Waals surface area (Å²) in [6, 6.07) is 6.24. The van der Waals surface area contributed by atoms with Crippen LogP contribution in [0.3, 0.4) is 0 Å². The quantitative estimate of drug-likeness (QED) is 0.835. The summed E-state index contributed by atoms with van der Waals surface area (Å²) in [4.78, 5) is 24.7. The minimum Gasteiger partial charge on any atom is -0.289 e. The van der Waals surface area contributed by atoms with Crippen molar-refractivity contribution in [2.45, 2.75) is 59.5 Å². The normalized spacial score (nSPS) is 36.2. The van der Waals surface area contributed by atoms with E-state index in [4.69, 9.17) is 4.99 Å². The SMILES string of the molecule is CC(C)C(=O)N1C(c2ccccn2)=N[C@@H]2[C@H]3CC[C@@](C)([C@@H]21)C3(C)C. The number of rotatable bonds is 2. The van der Waals surface area contributed by atoms with Crippen molar-refractivity contribution >= 4 is 11.7 Å². The highest BCUT2D eigenvalue weighted by atomic mass is 16.2. The average Bonchev–Trinajstić information content (AvgIpc) is 3.10. The molecule has 4 nitrogen and oxygen atoms in total. The third-order valence-electron chi connectivity index (χ3n) is 7.17. The zero-order valence-electron chi connectivity index (χ0n) is 15.3. The maximum absolute atomic E-state index is 13.1. The number of carbonyl (C=O) groups excluding carboxylic acids is 1. The molecule has 1 aromatic heterocycles. The van der Waals surface area contributed by atoms with Gasteiger partial charge >= 0.3 is 0 Å². The predicted octanol–water partition coefficient (Wildman–Crippen LogP) is 3.52. The van der Waals surface area contributed by atoms with Crippen molar-refractivity contribution < 1.29 is 4.79 Å². The Morgan fingerprint density at radius 2 is 2.04 bits per heavy atom. The molecule has 4 atom stereocenters. The maximum atomic E-state index is 13.1. The van der Waals surface area contributed by atoms with Crippen LogP contribution in [0.15, 0.2) is 29.4 Å². The minimum atomic E-state index is -0.0384. The van der Waals surface area contributed by atoms with E-state index in [1.807, 2.05) is 36.9 Å². The summed E-state index contributed by atoms with van der Waals surface area (Å²) >= 11 is 0. The first-order chi connectivity index (χ1) is 11.3. The Balaban J connectivity index is 1.85. The molecule has 4 heteroatoms. The fraction of sp³-hybridized carbons (Fsp3) is 0.650. The van der Waals surface area contributed by atoms with Gasteiger partial charge < -0.3 is 0 Å². The van der Waals surface area contributed by atoms with Gasteiger partial charge in [0.1, 0.15) is 5.69 Å². The first-order valence-electron chi connectivity index (χ1n) is 9.11. The van der Waals surface area contributed by atoms with Crippen LogP contribution in [0.1, 0.15) is 53.2 Å². The monoisotopic (exact) mass is 325 g/mol. The van der Waals surface area contributed by atoms with Crippen LogP contribution in [-0.4, -0.2) is 33.7 Å². The van der Waals surface area contributed by atoms with E-state index in [1.54, 1.807) is 6.20 Å². The second kappa shape index (κ2) is 4.90. The molecule has 2 bridgehead atoms. The second-order valence-corrected chi connectivity index (χ2v) is 8.75. The van der Waals surface area contributed by atoms with E-state index >= 15 is 0 Å². The van der Waals surface area contributed by atoms with Gasteiger partial charge in [0.2, 0.25) is 5.91 Å². The Morgan fingerprint density at radius 1 is 1.29 bits per heavy atom. The van der Waals surface area contributed by atoms with Crippen molar-refractivity contribution in [1.82, 2.24) is 9.88 Å². The minimum absolute atomic E-state index is 0.0384. The summed E-state index contributed by atoms with van der Waals surface area (Å²) in [5.41, 5.74) is 1.16. The van der Waals surface area contributed by atoms with Crippen molar-refractivity contribution in [3.05, 3.63) is 30.1 Å². The van der Waals surface area contributed by atoms with Crippen molar-refractivity contribution in [1.29, 1.82) is 0 Å². The summed E-state index contributed by atoms with van der Waals surface area (Å²) in [7, 11) is 0. The van der Waals surface area contributed by atoms with Gasteiger partial charge in [-0.15, -0.1) is 0 Å². The van der Waals surface area contributed by atoms with Gasteiger partial charge in [0.15, 0.2) is 5.84 Å². The number of hydrogen-bond donors (Lipinski definition) is 0. The van der Waals surface area contributed by atoms with Crippen LogP contribution in [0.25, 0.3) is 0 Å². The van der Waals surface area contributed by atoms with Gasteiger partial charge in [-0.1, -0.05) is 40.7 Å². The molecule has 0 saturated heterocycles. The molecule has 0 radical (unpaired) electrons. The van der Waals surface area contributed by atoms with Gasteiger partial charge in [0.05, 0.1) is 12.1 Å². The van der Waals surface area contributed by atoms with E-state index in [1.165, 1.54) is 12.8 Å². The summed E-state index contributed by atoms with van der Waals surface area (Å²) in [6.45, 7) is 11.1. The molecule has 24 heavy (non-hydrogen) atoms. The Hall–Kier alpha value is -1.71. The summed E-state index contributed by atoms with van der Waals surface area (Å²) < 4.78 is 0. The molecule has 2 aliphatic carbocycles. The number of amidine groups is 1. The van der Waals surface area contributed by atoms with Gasteiger partial charge in [-0.3, -0.25) is 19.7 Å². The van der Waals surface area contributed by atoms with Crippen LogP contribution >= 0.6 is 0 Å². The molecular weight excluding hydrogens is 298 g/mol. The van der Waals surface area contributed by atoms with Crippen LogP contribution in [0.4, 0.5) is 0 Å². The number of aromatic nitrogens is 1. The lowest BCUT2D eigenvalue weighted by Gasteiger charge is -2.43. The number of nitrogens with zero attached hydrogens (tertiary/aromatic N) is 3. The number of carbonyl (C=O) groups is 1. The van der Waals surface area contributed by atoms with E-state index in [2.05, 4.69) is 25.8 Å². The van der Waals surface area contributed by atoms with Crippen LogP contribution in [0.2, 0.25) is 0 Å². The topological polar surface area (TPSA) is 45.6 Å². The van der Waals surface area contributed by atoms with Gasteiger partial charge in [0.25, 0.3) is 0 Å². The lowest BCUT2D eigenvalue weighted by molar-refractivity contribution is -0.134. The molecule has 0 N–H and O–H groups in total. The zero-order valence-corrected chi connectivity index (χ0v) is 15.3. The molecule has 0 spiro atoms. The van der Waals surface area contributed by atoms with Gasteiger partial charge in [0, 0.05) is 12.1 Å². The summed E-state index contributed by atoms with van der Waals surface area (Å²) in [5.74, 6) is 1.48. The lowest BCUT2D eigenvalue weighted by atomic mass is 9.68. The van der Waals surface area contributed by atoms with E-state index in [0.29, 0.717) is 5.92 Å². The third-order valence-corrected chi connectivity index (χ3v) is 7.17. The summed E-state index contributed by atoms with van der Waals surface area (Å²) in [6.07, 6.45) is 4.18. The third kappa shape index (κ3) is 1.77. The zero-order chi connectivity index (χ0) is 17.3. The highest BCUT2D eigenvalue weighted by Crippen LogP contribution is 2.68. The largest absolute Gasteiger partial charge is 0.289 e. The van der Waals surface area contributed by atoms with Crippen LogP contribution < -0.4 is 0 Å². The fourth-order valence-corrected chi connectivity index (χ4v) is 5.42. The first-order valence-corrected chi connectivity index (χ1v) is 9.11. The van der Waals surface area contributed by atoms with Gasteiger partial charge in [-0.2, -0.15) is 0 Å². The fourth-order valence-electron chi connectivity index (χ4n) is 5.42. The highest BCUT2D eigenvalue weighted by molar-refractivity contribution is 6.09. The van der Waals surface area contributed by atoms with Crippen molar-refractivity contribution in [2.24, 2.45) is 27.7 Å². The molecule has 1 aliphatic heterocycles. The smallest absolute Gasteiger partial charge is 0.231 e. The number of aliphatic imine (C=N–C) groups is 1. The Labute approximate surface area is 144 Å². The second-order valence-electron chi connectivity index (χ2n) is 8.75. The molecule has 1 aromatic rings. The Morgan fingerprint density at radius 3 is 2.67 bits per heavy atom. The van der Waals surface area contributed by atoms with Gasteiger partial charge in [-0.05, 0) is 41.7 Å². The molecule has 2 heterocycles. The lowest BCUT2D eigenvalue weighted by Crippen LogP contribution is -2.53. The van der Waals surface area contributed by atoms with E-state index in [-0.39, 0.29) is 34.7 Å². The summed E-state index contributed by atoms with van der Waals surface area (Å²) in [5, 5.41) is 0. The molecule has 4 rings (SSSR count). The molecule has 128 valence electrons. The number of hydrogen-bond acceptors (Lipinski definition) is 3. The van der Waals surface area contributed by atoms with Crippen LogP contribution in [-0.2, 0) is 4.79 Å². The Bertz CT molecular complexity index is 709. The first kappa shape index (κ1) is 15.8. The molecular formula is C20H27N3O. The van der Waals surface area contributed by atoms with Crippen molar-refractivity contribution in [2.75, 3.05) is 0 Å². The number of fused-ring (bicyclic) bond motifs is 5. The average molecular weight is 325 g/mol. The number of pyridine rings is 1. The molecule has 1 amide bonds. The van der Waals surface area contributed by atoms with Crippen molar-refractivity contribution in [3.8, 4) is 0 Å². The maximum Gasteiger partial charge on any atom is 0.231 e. The molecule has 0 aromatic carbocycles.